The molecule has 23 heavy (non-hydrogen) atoms. The Labute approximate surface area is 158 Å². The minimum absolute atomic E-state index is 0. The van der Waals surface area contributed by atoms with E-state index in [1.54, 1.807) is 0 Å². The van der Waals surface area contributed by atoms with E-state index in [0.717, 1.165) is 25.2 Å². The molecule has 5 heteroatoms. The molecule has 1 rings (SSSR count). The van der Waals surface area contributed by atoms with Gasteiger partial charge in [0.05, 0.1) is 0 Å². The molecule has 4 nitrogen and oxygen atoms in total. The van der Waals surface area contributed by atoms with Crippen molar-refractivity contribution in [1.29, 1.82) is 0 Å². The fourth-order valence-corrected chi connectivity index (χ4v) is 2.57. The van der Waals surface area contributed by atoms with Gasteiger partial charge in [0.2, 0.25) is 0 Å². The van der Waals surface area contributed by atoms with Gasteiger partial charge in [0.25, 0.3) is 0 Å². The molecular formula is C18H33IN4. The molecule has 0 bridgehead atoms. The molecule has 0 saturated carbocycles. The van der Waals surface area contributed by atoms with Gasteiger partial charge in [-0.3, -0.25) is 9.89 Å². The second kappa shape index (κ2) is 10.9. The highest BCUT2D eigenvalue weighted by atomic mass is 127. The number of nitrogens with zero attached hydrogens (tertiary/aromatic N) is 2. The van der Waals surface area contributed by atoms with Crippen LogP contribution in [0.25, 0.3) is 0 Å². The Balaban J connectivity index is 0.00000484. The minimum atomic E-state index is 0. The standard InChI is InChI=1S/C18H32N4.HI/c1-13(2)22(14(3)4)11-7-10-20-18(19)21-17-9-8-15(5)16(6)12-17;/h8-9,12-14H,7,10-11H2,1-6H3,(H3,19,20,21);1H. The van der Waals surface area contributed by atoms with Crippen molar-refractivity contribution in [2.45, 2.75) is 60.0 Å². The van der Waals surface area contributed by atoms with Crippen LogP contribution in [-0.2, 0) is 0 Å². The quantitative estimate of drug-likeness (QED) is 0.295. The molecule has 1 aromatic carbocycles. The fraction of sp³-hybridized carbons (Fsp3) is 0.611. The first kappa shape index (κ1) is 22.2. The third-order valence-corrected chi connectivity index (χ3v) is 3.96. The van der Waals surface area contributed by atoms with Gasteiger partial charge in [0.1, 0.15) is 0 Å². The van der Waals surface area contributed by atoms with Crippen LogP contribution in [0.3, 0.4) is 0 Å². The number of anilines is 1. The van der Waals surface area contributed by atoms with Crippen LogP contribution in [0.1, 0.15) is 45.2 Å². The summed E-state index contributed by atoms with van der Waals surface area (Å²) in [5, 5.41) is 3.16. The number of rotatable bonds is 7. The third kappa shape index (κ3) is 8.01. The Hall–Kier alpha value is -0.820. The maximum atomic E-state index is 5.96. The van der Waals surface area contributed by atoms with Crippen LogP contribution in [0, 0.1) is 13.8 Å². The first-order valence-electron chi connectivity index (χ1n) is 8.21. The summed E-state index contributed by atoms with van der Waals surface area (Å²) in [7, 11) is 0. The Bertz CT molecular complexity index is 490. The maximum absolute atomic E-state index is 5.96. The van der Waals surface area contributed by atoms with Gasteiger partial charge >= 0.3 is 0 Å². The van der Waals surface area contributed by atoms with Crippen molar-refractivity contribution in [1.82, 2.24) is 4.90 Å². The summed E-state index contributed by atoms with van der Waals surface area (Å²) in [6.07, 6.45) is 1.02. The lowest BCUT2D eigenvalue weighted by Gasteiger charge is -2.30. The van der Waals surface area contributed by atoms with Gasteiger partial charge in [-0.15, -0.1) is 24.0 Å². The zero-order chi connectivity index (χ0) is 16.7. The van der Waals surface area contributed by atoms with E-state index >= 15 is 0 Å². The van der Waals surface area contributed by atoms with Crippen molar-refractivity contribution >= 4 is 35.6 Å². The van der Waals surface area contributed by atoms with Crippen molar-refractivity contribution in [2.24, 2.45) is 10.7 Å². The van der Waals surface area contributed by atoms with Gasteiger partial charge in [0.15, 0.2) is 5.96 Å². The lowest BCUT2D eigenvalue weighted by molar-refractivity contribution is 0.174. The van der Waals surface area contributed by atoms with Crippen molar-refractivity contribution in [3.63, 3.8) is 0 Å². The van der Waals surface area contributed by atoms with Crippen LogP contribution >= 0.6 is 24.0 Å². The highest BCUT2D eigenvalue weighted by Gasteiger charge is 2.11. The SMILES string of the molecule is Cc1ccc(NC(N)=NCCCN(C(C)C)C(C)C)cc1C.I. The molecule has 0 aliphatic heterocycles. The second-order valence-electron chi connectivity index (χ2n) is 6.47. The van der Waals surface area contributed by atoms with E-state index in [0.29, 0.717) is 18.0 Å². The van der Waals surface area contributed by atoms with E-state index in [4.69, 9.17) is 5.73 Å². The highest BCUT2D eigenvalue weighted by molar-refractivity contribution is 14.0. The van der Waals surface area contributed by atoms with Gasteiger partial charge in [-0.25, -0.2) is 0 Å². The van der Waals surface area contributed by atoms with Crippen LogP contribution in [-0.4, -0.2) is 36.0 Å². The molecule has 1 aromatic rings. The number of nitrogens with one attached hydrogen (secondary N) is 1. The third-order valence-electron chi connectivity index (χ3n) is 3.96. The average molecular weight is 432 g/mol. The molecule has 0 aromatic heterocycles. The number of halogens is 1. The molecule has 0 aliphatic carbocycles. The summed E-state index contributed by atoms with van der Waals surface area (Å²) < 4.78 is 0. The van der Waals surface area contributed by atoms with E-state index in [1.165, 1.54) is 11.1 Å². The van der Waals surface area contributed by atoms with Gasteiger partial charge < -0.3 is 11.1 Å². The number of guanidine groups is 1. The molecule has 0 amide bonds. The van der Waals surface area contributed by atoms with Crippen LogP contribution < -0.4 is 11.1 Å². The van der Waals surface area contributed by atoms with E-state index < -0.39 is 0 Å². The molecule has 132 valence electrons. The number of hydrogen-bond acceptors (Lipinski definition) is 2. The molecule has 0 aliphatic rings. The second-order valence-corrected chi connectivity index (χ2v) is 6.47. The number of aryl methyl sites for hydroxylation is 2. The molecule has 3 N–H and O–H groups in total. The minimum Gasteiger partial charge on any atom is -0.370 e. The lowest BCUT2D eigenvalue weighted by atomic mass is 10.1. The summed E-state index contributed by atoms with van der Waals surface area (Å²) in [5.41, 5.74) is 9.48. The largest absolute Gasteiger partial charge is 0.370 e. The molecular weight excluding hydrogens is 399 g/mol. The zero-order valence-electron chi connectivity index (χ0n) is 15.4. The summed E-state index contributed by atoms with van der Waals surface area (Å²) >= 11 is 0. The van der Waals surface area contributed by atoms with E-state index in [9.17, 15) is 0 Å². The Morgan fingerprint density at radius 3 is 2.26 bits per heavy atom. The van der Waals surface area contributed by atoms with Gasteiger partial charge in [-0.1, -0.05) is 6.07 Å². The monoisotopic (exact) mass is 432 g/mol. The Morgan fingerprint density at radius 2 is 1.74 bits per heavy atom. The molecule has 0 unspecified atom stereocenters. The topological polar surface area (TPSA) is 53.6 Å². The van der Waals surface area contributed by atoms with Crippen LogP contribution in [0.4, 0.5) is 5.69 Å². The first-order valence-corrected chi connectivity index (χ1v) is 8.21. The molecule has 0 fully saturated rings. The molecule has 0 heterocycles. The van der Waals surface area contributed by atoms with Crippen molar-refractivity contribution in [3.8, 4) is 0 Å². The number of aliphatic imine (C=N–C) groups is 1. The zero-order valence-corrected chi connectivity index (χ0v) is 17.7. The van der Waals surface area contributed by atoms with Crippen LogP contribution in [0.15, 0.2) is 23.2 Å². The van der Waals surface area contributed by atoms with Crippen LogP contribution in [0.5, 0.6) is 0 Å². The van der Waals surface area contributed by atoms with Gasteiger partial charge in [-0.05, 0) is 71.2 Å². The smallest absolute Gasteiger partial charge is 0.193 e. The summed E-state index contributed by atoms with van der Waals surface area (Å²) in [6.45, 7) is 14.9. The normalized spacial score (nSPS) is 12.0. The Morgan fingerprint density at radius 1 is 1.13 bits per heavy atom. The predicted molar refractivity (Wildman–Crippen MR) is 113 cm³/mol. The molecule has 0 radical (unpaired) electrons. The molecule has 0 atom stereocenters. The number of hydrogen-bond donors (Lipinski definition) is 2. The van der Waals surface area contributed by atoms with E-state index in [-0.39, 0.29) is 24.0 Å². The summed E-state index contributed by atoms with van der Waals surface area (Å²) in [4.78, 5) is 6.89. The van der Waals surface area contributed by atoms with Crippen molar-refractivity contribution in [2.75, 3.05) is 18.4 Å². The predicted octanol–water partition coefficient (Wildman–Crippen LogP) is 4.16. The first-order chi connectivity index (χ1) is 10.3. The van der Waals surface area contributed by atoms with E-state index in [1.807, 2.05) is 6.07 Å². The van der Waals surface area contributed by atoms with Crippen molar-refractivity contribution in [3.05, 3.63) is 29.3 Å². The molecule has 0 spiro atoms. The summed E-state index contributed by atoms with van der Waals surface area (Å²) in [6, 6.07) is 7.35. The van der Waals surface area contributed by atoms with E-state index in [2.05, 4.69) is 68.9 Å². The van der Waals surface area contributed by atoms with Crippen LogP contribution in [0.2, 0.25) is 0 Å². The highest BCUT2D eigenvalue weighted by Crippen LogP contribution is 2.13. The Kier molecular flexibility index (Phi) is 10.5. The number of benzene rings is 1. The van der Waals surface area contributed by atoms with Gasteiger partial charge in [-0.2, -0.15) is 0 Å². The lowest BCUT2D eigenvalue weighted by Crippen LogP contribution is -2.38. The van der Waals surface area contributed by atoms with Crippen molar-refractivity contribution < 1.29 is 0 Å². The average Bonchev–Trinajstić information content (AvgIpc) is 2.41. The summed E-state index contributed by atoms with van der Waals surface area (Å²) in [5.74, 6) is 0.490. The number of nitrogens with two attached hydrogens (primary N) is 1. The van der Waals surface area contributed by atoms with Gasteiger partial charge in [0, 0.05) is 30.9 Å². The fourth-order valence-electron chi connectivity index (χ4n) is 2.57. The maximum Gasteiger partial charge on any atom is 0.193 e. The molecule has 0 saturated heterocycles.